The van der Waals surface area contributed by atoms with Crippen molar-refractivity contribution < 1.29 is 38.1 Å². The fraction of sp³-hybridized carbons (Fsp3) is 0.429. The number of aliphatic carboxylic acids is 1. The standard InChI is InChI=1S/C14H16F2O6/c1-2-21-10(17)7-6-8-4-3-5-9(22-14(15)16)11(8)12(18)13(19)20/h3-5,12,14,18H,2,6-7H2,1H3,(H,19,20). The summed E-state index contributed by atoms with van der Waals surface area (Å²) in [6, 6.07) is 3.93. The molecule has 0 bridgehead atoms. The molecule has 0 aliphatic heterocycles. The van der Waals surface area contributed by atoms with Crippen LogP contribution in [0.4, 0.5) is 8.78 Å². The van der Waals surface area contributed by atoms with Gasteiger partial charge in [0.05, 0.1) is 6.61 Å². The lowest BCUT2D eigenvalue weighted by Crippen LogP contribution is -2.16. The maximum absolute atomic E-state index is 12.4. The first-order valence-electron chi connectivity index (χ1n) is 6.49. The van der Waals surface area contributed by atoms with Crippen LogP contribution in [0.15, 0.2) is 18.2 Å². The third-order valence-corrected chi connectivity index (χ3v) is 2.78. The number of hydrogen-bond donors (Lipinski definition) is 2. The Labute approximate surface area is 125 Å². The number of halogens is 2. The zero-order valence-electron chi connectivity index (χ0n) is 11.8. The van der Waals surface area contributed by atoms with Gasteiger partial charge in [-0.15, -0.1) is 0 Å². The number of carbonyl (C=O) groups excluding carboxylic acids is 1. The maximum Gasteiger partial charge on any atom is 0.387 e. The first kappa shape index (κ1) is 17.8. The molecule has 6 nitrogen and oxygen atoms in total. The van der Waals surface area contributed by atoms with Crippen LogP contribution in [0, 0.1) is 0 Å². The molecule has 0 heterocycles. The van der Waals surface area contributed by atoms with E-state index in [9.17, 15) is 23.5 Å². The highest BCUT2D eigenvalue weighted by Crippen LogP contribution is 2.31. The van der Waals surface area contributed by atoms with E-state index in [1.165, 1.54) is 12.1 Å². The molecule has 0 radical (unpaired) electrons. The molecule has 1 aromatic carbocycles. The van der Waals surface area contributed by atoms with Crippen molar-refractivity contribution in [3.63, 3.8) is 0 Å². The summed E-state index contributed by atoms with van der Waals surface area (Å²) in [6.45, 7) is -1.34. The smallest absolute Gasteiger partial charge is 0.387 e. The number of benzene rings is 1. The van der Waals surface area contributed by atoms with Crippen LogP contribution in [0.5, 0.6) is 5.75 Å². The minimum atomic E-state index is -3.17. The molecule has 0 spiro atoms. The number of esters is 1. The zero-order chi connectivity index (χ0) is 16.7. The van der Waals surface area contributed by atoms with Crippen molar-refractivity contribution in [2.24, 2.45) is 0 Å². The van der Waals surface area contributed by atoms with Crippen LogP contribution in [0.1, 0.15) is 30.6 Å². The van der Waals surface area contributed by atoms with E-state index >= 15 is 0 Å². The van der Waals surface area contributed by atoms with Crippen LogP contribution in [-0.4, -0.2) is 35.4 Å². The molecule has 122 valence electrons. The Bertz CT molecular complexity index is 532. The van der Waals surface area contributed by atoms with Crippen molar-refractivity contribution in [2.75, 3.05) is 6.61 Å². The van der Waals surface area contributed by atoms with Crippen LogP contribution in [0.25, 0.3) is 0 Å². The maximum atomic E-state index is 12.4. The molecule has 0 saturated heterocycles. The van der Waals surface area contributed by atoms with Gasteiger partial charge in [-0.3, -0.25) is 4.79 Å². The molecule has 22 heavy (non-hydrogen) atoms. The van der Waals surface area contributed by atoms with E-state index in [0.717, 1.165) is 6.07 Å². The number of carboxylic acids is 1. The second-order valence-corrected chi connectivity index (χ2v) is 4.25. The van der Waals surface area contributed by atoms with E-state index in [4.69, 9.17) is 9.84 Å². The molecule has 1 rings (SSSR count). The normalized spacial score (nSPS) is 12.0. The Balaban J connectivity index is 3.08. The Morgan fingerprint density at radius 3 is 2.55 bits per heavy atom. The molecule has 0 aliphatic rings. The Morgan fingerprint density at radius 1 is 1.32 bits per heavy atom. The second kappa shape index (κ2) is 8.28. The zero-order valence-corrected chi connectivity index (χ0v) is 11.8. The van der Waals surface area contributed by atoms with Crippen LogP contribution in [0.3, 0.4) is 0 Å². The summed E-state index contributed by atoms with van der Waals surface area (Å²) in [5.41, 5.74) is -0.0688. The van der Waals surface area contributed by atoms with Gasteiger partial charge in [-0.2, -0.15) is 8.78 Å². The Morgan fingerprint density at radius 2 is 2.00 bits per heavy atom. The summed E-state index contributed by atoms with van der Waals surface area (Å²) in [4.78, 5) is 22.3. The van der Waals surface area contributed by atoms with Gasteiger partial charge in [-0.1, -0.05) is 12.1 Å². The van der Waals surface area contributed by atoms with E-state index in [0.29, 0.717) is 0 Å². The molecule has 0 aliphatic carbocycles. The Kier molecular flexibility index (Phi) is 6.71. The van der Waals surface area contributed by atoms with Gasteiger partial charge in [-0.05, 0) is 25.0 Å². The van der Waals surface area contributed by atoms with Crippen LogP contribution in [0.2, 0.25) is 0 Å². The lowest BCUT2D eigenvalue weighted by atomic mass is 9.97. The van der Waals surface area contributed by atoms with Crippen molar-refractivity contribution in [3.8, 4) is 5.75 Å². The van der Waals surface area contributed by atoms with Gasteiger partial charge in [0.25, 0.3) is 0 Å². The molecule has 8 heteroatoms. The van der Waals surface area contributed by atoms with Gasteiger partial charge in [0.1, 0.15) is 5.75 Å². The van der Waals surface area contributed by atoms with Crippen molar-refractivity contribution in [1.82, 2.24) is 0 Å². The number of carbonyl (C=O) groups is 2. The minimum Gasteiger partial charge on any atom is -0.479 e. The van der Waals surface area contributed by atoms with Crippen LogP contribution in [-0.2, 0) is 20.7 Å². The number of carboxylic acid groups (broad SMARTS) is 1. The van der Waals surface area contributed by atoms with E-state index in [-0.39, 0.29) is 30.6 Å². The Hall–Kier alpha value is -2.22. The van der Waals surface area contributed by atoms with Gasteiger partial charge < -0.3 is 19.7 Å². The highest BCUT2D eigenvalue weighted by molar-refractivity contribution is 5.76. The molecule has 0 aromatic heterocycles. The molecule has 0 amide bonds. The van der Waals surface area contributed by atoms with E-state index in [1.807, 2.05) is 0 Å². The van der Waals surface area contributed by atoms with Crippen LogP contribution < -0.4 is 4.74 Å². The number of hydrogen-bond acceptors (Lipinski definition) is 5. The van der Waals surface area contributed by atoms with Gasteiger partial charge >= 0.3 is 18.6 Å². The van der Waals surface area contributed by atoms with Crippen molar-refractivity contribution >= 4 is 11.9 Å². The van der Waals surface area contributed by atoms with Crippen molar-refractivity contribution in [3.05, 3.63) is 29.3 Å². The molecule has 0 saturated carbocycles. The van der Waals surface area contributed by atoms with Gasteiger partial charge in [0, 0.05) is 12.0 Å². The van der Waals surface area contributed by atoms with Gasteiger partial charge in [0.15, 0.2) is 6.10 Å². The number of aryl methyl sites for hydroxylation is 1. The summed E-state index contributed by atoms with van der Waals surface area (Å²) in [6.07, 6.45) is -2.09. The number of aliphatic hydroxyl groups excluding tert-OH is 1. The molecule has 1 unspecified atom stereocenters. The second-order valence-electron chi connectivity index (χ2n) is 4.25. The lowest BCUT2D eigenvalue weighted by molar-refractivity contribution is -0.147. The fourth-order valence-electron chi connectivity index (χ4n) is 1.91. The fourth-order valence-corrected chi connectivity index (χ4v) is 1.91. The highest BCUT2D eigenvalue weighted by Gasteiger charge is 2.25. The summed E-state index contributed by atoms with van der Waals surface area (Å²) in [5.74, 6) is -2.56. The van der Waals surface area contributed by atoms with E-state index in [2.05, 4.69) is 4.74 Å². The molecule has 1 aromatic rings. The summed E-state index contributed by atoms with van der Waals surface area (Å²) in [7, 11) is 0. The van der Waals surface area contributed by atoms with E-state index < -0.39 is 30.4 Å². The first-order chi connectivity index (χ1) is 10.4. The molecule has 0 fully saturated rings. The monoisotopic (exact) mass is 318 g/mol. The average Bonchev–Trinajstić information content (AvgIpc) is 2.44. The molecular formula is C14H16F2O6. The third kappa shape index (κ3) is 4.96. The van der Waals surface area contributed by atoms with Gasteiger partial charge in [-0.25, -0.2) is 4.79 Å². The molecule has 1 atom stereocenters. The number of ether oxygens (including phenoxy) is 2. The third-order valence-electron chi connectivity index (χ3n) is 2.78. The van der Waals surface area contributed by atoms with Crippen molar-refractivity contribution in [1.29, 1.82) is 0 Å². The summed E-state index contributed by atoms with van der Waals surface area (Å²) >= 11 is 0. The largest absolute Gasteiger partial charge is 0.479 e. The van der Waals surface area contributed by atoms with Gasteiger partial charge in [0.2, 0.25) is 0 Å². The molecule has 2 N–H and O–H groups in total. The predicted molar refractivity (Wildman–Crippen MR) is 70.6 cm³/mol. The lowest BCUT2D eigenvalue weighted by Gasteiger charge is -2.17. The average molecular weight is 318 g/mol. The molecular weight excluding hydrogens is 302 g/mol. The summed E-state index contributed by atoms with van der Waals surface area (Å²) in [5, 5.41) is 18.6. The first-order valence-corrected chi connectivity index (χ1v) is 6.49. The summed E-state index contributed by atoms with van der Waals surface area (Å²) < 4.78 is 33.7. The quantitative estimate of drug-likeness (QED) is 0.711. The number of alkyl halides is 2. The number of rotatable bonds is 8. The van der Waals surface area contributed by atoms with Crippen LogP contribution >= 0.6 is 0 Å². The van der Waals surface area contributed by atoms with E-state index in [1.54, 1.807) is 6.92 Å². The number of aliphatic hydroxyl groups is 1. The minimum absolute atomic E-state index is 0.0267. The topological polar surface area (TPSA) is 93.1 Å². The SMILES string of the molecule is CCOC(=O)CCc1cccc(OC(F)F)c1C(O)C(=O)O. The van der Waals surface area contributed by atoms with Crippen molar-refractivity contribution in [2.45, 2.75) is 32.5 Å². The highest BCUT2D eigenvalue weighted by atomic mass is 19.3. The predicted octanol–water partition coefficient (Wildman–Crippen LogP) is 1.90.